The molecule has 6 atom stereocenters. The standard InChI is InChI=1S/C56H64Cl2N4O10/c1-5-67-55(68-6-2)51(63)61(39-21-25-59(26-22-39)49(57)47-41-15-11-9-13-33(41)29-37-19-17-35-31-43(35)45(37)47)71-53(65)54(66)72-62(52(64)56(69-7-3)70-8-4)40-23-27-60(28-24-40)50(58)48-42-16-12-10-14-34(42)30-38-20-18-36-32-44(36)46(38)48/h9-20,29-30,35-36,39-40,43-44,49-50,55-56H,5-8,21-28,31-32H2,1-4H3/t35-,36-,43+,44+,49-,50-/m1/s1. The molecule has 2 aliphatic heterocycles. The van der Waals surface area contributed by atoms with Gasteiger partial charge in [-0.2, -0.15) is 10.1 Å². The number of rotatable bonds is 16. The summed E-state index contributed by atoms with van der Waals surface area (Å²) in [6, 6.07) is 19.7. The van der Waals surface area contributed by atoms with E-state index in [0.29, 0.717) is 75.5 Å². The van der Waals surface area contributed by atoms with Crippen molar-refractivity contribution in [2.24, 2.45) is 11.8 Å². The number of amides is 2. The van der Waals surface area contributed by atoms with Gasteiger partial charge in [0.25, 0.3) is 0 Å². The number of carbonyl (C=O) groups excluding carboxylic acids is 4. The van der Waals surface area contributed by atoms with Gasteiger partial charge in [-0.1, -0.05) is 72.8 Å². The van der Waals surface area contributed by atoms with Crippen LogP contribution in [0.5, 0.6) is 0 Å². The fraction of sp³-hybridized carbons (Fsp3) is 0.500. The largest absolute Gasteiger partial charge is 0.444 e. The first kappa shape index (κ1) is 50.6. The van der Waals surface area contributed by atoms with Gasteiger partial charge in [0.15, 0.2) is 0 Å². The minimum absolute atomic E-state index is 0.128. The maximum atomic E-state index is 14.3. The van der Waals surface area contributed by atoms with E-state index in [0.717, 1.165) is 55.6 Å². The number of piperidine rings is 2. The third-order valence-corrected chi connectivity index (χ3v) is 16.2. The highest BCUT2D eigenvalue weighted by Gasteiger charge is 2.47. The van der Waals surface area contributed by atoms with Crippen LogP contribution in [0.25, 0.3) is 33.7 Å². The highest BCUT2D eigenvalue weighted by Crippen LogP contribution is 2.58. The number of ether oxygens (including phenoxy) is 4. The molecule has 2 saturated heterocycles. The van der Waals surface area contributed by atoms with Crippen molar-refractivity contribution in [3.8, 4) is 0 Å². The molecule has 4 aromatic carbocycles. The molecule has 2 heterocycles. The number of hydroxylamine groups is 4. The van der Waals surface area contributed by atoms with Crippen LogP contribution in [0.4, 0.5) is 0 Å². The second kappa shape index (κ2) is 21.9. The number of allylic oxidation sites excluding steroid dienone is 2. The Morgan fingerprint density at radius 2 is 0.931 bits per heavy atom. The number of alkyl halides is 2. The maximum Gasteiger partial charge on any atom is 0.444 e. The summed E-state index contributed by atoms with van der Waals surface area (Å²) in [5.74, 6) is -2.69. The number of benzene rings is 4. The summed E-state index contributed by atoms with van der Waals surface area (Å²) >= 11 is 15.0. The molecule has 0 aromatic heterocycles. The molecule has 2 amide bonds. The van der Waals surface area contributed by atoms with Crippen molar-refractivity contribution in [2.75, 3.05) is 52.6 Å². The lowest BCUT2D eigenvalue weighted by atomic mass is 9.87. The number of nitrogens with zero attached hydrogens (tertiary/aromatic N) is 4. The van der Waals surface area contributed by atoms with Gasteiger partial charge >= 0.3 is 23.8 Å². The van der Waals surface area contributed by atoms with Gasteiger partial charge in [0.1, 0.15) is 11.0 Å². The Morgan fingerprint density at radius 1 is 0.569 bits per heavy atom. The van der Waals surface area contributed by atoms with E-state index in [-0.39, 0.29) is 26.4 Å². The quantitative estimate of drug-likeness (QED) is 0.0348. The van der Waals surface area contributed by atoms with Crippen molar-refractivity contribution < 1.29 is 47.8 Å². The smallest absolute Gasteiger partial charge is 0.345 e. The minimum Gasteiger partial charge on any atom is -0.345 e. The highest BCUT2D eigenvalue weighted by molar-refractivity contribution is 6.29. The van der Waals surface area contributed by atoms with Crippen molar-refractivity contribution >= 4 is 80.7 Å². The van der Waals surface area contributed by atoms with E-state index in [1.54, 1.807) is 27.7 Å². The van der Waals surface area contributed by atoms with Crippen LogP contribution in [0.2, 0.25) is 0 Å². The molecule has 0 spiro atoms. The summed E-state index contributed by atoms with van der Waals surface area (Å²) < 4.78 is 22.7. The van der Waals surface area contributed by atoms with Crippen LogP contribution < -0.4 is 0 Å². The van der Waals surface area contributed by atoms with Gasteiger partial charge in [-0.15, -0.1) is 23.2 Å². The monoisotopic (exact) mass is 1020 g/mol. The van der Waals surface area contributed by atoms with E-state index in [9.17, 15) is 19.2 Å². The third-order valence-electron chi connectivity index (χ3n) is 15.2. The van der Waals surface area contributed by atoms with E-state index < -0.39 is 59.4 Å². The fourth-order valence-electron chi connectivity index (χ4n) is 11.5. The van der Waals surface area contributed by atoms with Crippen LogP contribution in [0.15, 0.2) is 72.8 Å². The van der Waals surface area contributed by atoms with Crippen LogP contribution in [-0.4, -0.2) is 121 Å². The molecular weight excluding hydrogens is 960 g/mol. The van der Waals surface area contributed by atoms with E-state index in [4.69, 9.17) is 51.8 Å². The number of carbonyl (C=O) groups is 4. The summed E-state index contributed by atoms with van der Waals surface area (Å²) in [6.07, 6.45) is 9.76. The SMILES string of the molecule is CCOC(OCC)C(=O)N(OC(=O)C(=O)ON(C(=O)C(OCC)OCC)C1CCN([C@@H](Cl)c2c3c(cc4ccccc24)C=C[C@@H]2C[C@H]32)CC1)C1CCN([C@@H](Cl)c2c3c(cc4ccccc24)C=C[C@@H]2C[C@H]32)CC1. The molecule has 14 nitrogen and oxygen atoms in total. The van der Waals surface area contributed by atoms with Gasteiger partial charge in [-0.3, -0.25) is 19.4 Å². The van der Waals surface area contributed by atoms with Crippen LogP contribution in [-0.2, 0) is 47.8 Å². The first-order valence-corrected chi connectivity index (χ1v) is 26.7. The Kier molecular flexibility index (Phi) is 15.4. The maximum absolute atomic E-state index is 14.3. The molecule has 4 fully saturated rings. The number of hydrogen-bond donors (Lipinski definition) is 0. The van der Waals surface area contributed by atoms with Crippen LogP contribution in [0.1, 0.15) is 122 Å². The average Bonchev–Trinajstić information content (AvgIpc) is 4.36. The predicted octanol–water partition coefficient (Wildman–Crippen LogP) is 9.73. The van der Waals surface area contributed by atoms with Crippen LogP contribution >= 0.6 is 23.2 Å². The summed E-state index contributed by atoms with van der Waals surface area (Å²) in [5.41, 5.74) is 6.27. The van der Waals surface area contributed by atoms with Crippen LogP contribution in [0.3, 0.4) is 0 Å². The lowest BCUT2D eigenvalue weighted by molar-refractivity contribution is -0.248. The first-order chi connectivity index (χ1) is 35.0. The normalized spacial score (nSPS) is 22.5. The van der Waals surface area contributed by atoms with E-state index in [1.807, 2.05) is 24.3 Å². The number of likely N-dealkylation sites (tertiary alicyclic amines) is 2. The Hall–Kier alpha value is -4.90. The zero-order valence-corrected chi connectivity index (χ0v) is 42.9. The highest BCUT2D eigenvalue weighted by atomic mass is 35.5. The fourth-order valence-corrected chi connectivity index (χ4v) is 12.4. The molecule has 6 aliphatic rings. The summed E-state index contributed by atoms with van der Waals surface area (Å²) in [4.78, 5) is 72.6. The molecule has 0 unspecified atom stereocenters. The predicted molar refractivity (Wildman–Crippen MR) is 274 cm³/mol. The van der Waals surface area contributed by atoms with Gasteiger partial charge in [0.05, 0.1) is 12.1 Å². The van der Waals surface area contributed by atoms with Crippen molar-refractivity contribution in [1.29, 1.82) is 0 Å². The molecule has 0 radical (unpaired) electrons. The average molecular weight is 1020 g/mol. The Bertz CT molecular complexity index is 2560. The Morgan fingerprint density at radius 3 is 1.29 bits per heavy atom. The number of halogens is 2. The van der Waals surface area contributed by atoms with E-state index >= 15 is 0 Å². The van der Waals surface area contributed by atoms with Gasteiger partial charge < -0.3 is 28.6 Å². The summed E-state index contributed by atoms with van der Waals surface area (Å²) in [7, 11) is 0. The molecule has 72 heavy (non-hydrogen) atoms. The molecule has 16 heteroatoms. The second-order valence-electron chi connectivity index (χ2n) is 19.5. The second-order valence-corrected chi connectivity index (χ2v) is 20.4. The zero-order chi connectivity index (χ0) is 50.2. The molecule has 0 N–H and O–H groups in total. The topological polar surface area (TPSA) is 137 Å². The molecule has 4 aromatic rings. The van der Waals surface area contributed by atoms with Gasteiger partial charge in [0, 0.05) is 52.6 Å². The number of fused-ring (bicyclic) bond motifs is 8. The molecule has 2 saturated carbocycles. The minimum atomic E-state index is -1.50. The van der Waals surface area contributed by atoms with Gasteiger partial charge in [-0.05, 0) is 157 Å². The molecule has 382 valence electrons. The van der Waals surface area contributed by atoms with E-state index in [1.165, 1.54) is 22.3 Å². The van der Waals surface area contributed by atoms with Crippen molar-refractivity contribution in [3.63, 3.8) is 0 Å². The van der Waals surface area contributed by atoms with Crippen molar-refractivity contribution in [3.05, 3.63) is 106 Å². The lowest BCUT2D eigenvalue weighted by Crippen LogP contribution is -2.54. The molecular formula is C56H64Cl2N4O10. The lowest BCUT2D eigenvalue weighted by Gasteiger charge is -2.40. The zero-order valence-electron chi connectivity index (χ0n) is 41.4. The van der Waals surface area contributed by atoms with Gasteiger partial charge in [-0.25, -0.2) is 9.59 Å². The Balaban J connectivity index is 0.858. The summed E-state index contributed by atoms with van der Waals surface area (Å²) in [6.45, 7) is 9.17. The van der Waals surface area contributed by atoms with Gasteiger partial charge in [0.2, 0.25) is 12.6 Å². The van der Waals surface area contributed by atoms with E-state index in [2.05, 4.69) is 70.5 Å². The Labute approximate surface area is 430 Å². The third kappa shape index (κ3) is 10.1. The van der Waals surface area contributed by atoms with Crippen molar-refractivity contribution in [1.82, 2.24) is 19.9 Å². The first-order valence-electron chi connectivity index (χ1n) is 25.8. The molecule has 0 bridgehead atoms. The summed E-state index contributed by atoms with van der Waals surface area (Å²) in [5, 5.41) is 6.24. The molecule has 4 aliphatic carbocycles. The van der Waals surface area contributed by atoms with Crippen molar-refractivity contribution in [2.45, 2.75) is 114 Å². The van der Waals surface area contributed by atoms with Crippen LogP contribution in [0, 0.1) is 11.8 Å². The molecule has 10 rings (SSSR count). The number of hydrogen-bond acceptors (Lipinski definition) is 12.